The molecule has 3 nitrogen and oxygen atoms in total. The number of hydrogen-bond acceptors (Lipinski definition) is 2. The van der Waals surface area contributed by atoms with Gasteiger partial charge in [0.25, 0.3) is 0 Å². The quantitative estimate of drug-likeness (QED) is 0.723. The maximum Gasteiger partial charge on any atom is 0.214 e. The van der Waals surface area contributed by atoms with E-state index < -0.39 is 10.0 Å². The minimum absolute atomic E-state index is 0.309. The van der Waals surface area contributed by atoms with Gasteiger partial charge in [0.2, 0.25) is 10.0 Å². The van der Waals surface area contributed by atoms with Gasteiger partial charge in [-0.15, -0.1) is 0 Å². The van der Waals surface area contributed by atoms with Crippen LogP contribution in [-0.4, -0.2) is 31.6 Å². The molecule has 0 saturated carbocycles. The van der Waals surface area contributed by atoms with Crippen LogP contribution in [0.4, 0.5) is 0 Å². The highest BCUT2D eigenvalue weighted by atomic mass is 32.2. The van der Waals surface area contributed by atoms with Gasteiger partial charge in [0.15, 0.2) is 0 Å². The molecule has 1 fully saturated rings. The van der Waals surface area contributed by atoms with Gasteiger partial charge in [0.05, 0.1) is 5.75 Å². The van der Waals surface area contributed by atoms with Gasteiger partial charge in [-0.2, -0.15) is 0 Å². The largest absolute Gasteiger partial charge is 0.214 e. The van der Waals surface area contributed by atoms with Gasteiger partial charge in [-0.05, 0) is 25.2 Å². The topological polar surface area (TPSA) is 37.4 Å². The summed E-state index contributed by atoms with van der Waals surface area (Å²) < 4.78 is 25.2. The highest BCUT2D eigenvalue weighted by Crippen LogP contribution is 2.21. The Morgan fingerprint density at radius 2 is 2.07 bits per heavy atom. The second-order valence-electron chi connectivity index (χ2n) is 4.09. The fourth-order valence-electron chi connectivity index (χ4n) is 2.00. The zero-order valence-electron chi connectivity index (χ0n) is 9.20. The molecule has 1 saturated heterocycles. The van der Waals surface area contributed by atoms with E-state index in [1.165, 1.54) is 6.42 Å². The van der Waals surface area contributed by atoms with Crippen molar-refractivity contribution in [3.05, 3.63) is 0 Å². The van der Waals surface area contributed by atoms with Crippen LogP contribution in [0.15, 0.2) is 0 Å². The third-order valence-electron chi connectivity index (χ3n) is 2.91. The van der Waals surface area contributed by atoms with Crippen molar-refractivity contribution in [3.63, 3.8) is 0 Å². The highest BCUT2D eigenvalue weighted by Gasteiger charge is 2.26. The predicted octanol–water partition coefficient (Wildman–Crippen LogP) is 1.85. The number of nitrogens with zero attached hydrogens (tertiary/aromatic N) is 1. The first-order valence-corrected chi connectivity index (χ1v) is 7.19. The van der Waals surface area contributed by atoms with Crippen LogP contribution in [-0.2, 0) is 10.0 Å². The molecule has 0 N–H and O–H groups in total. The van der Waals surface area contributed by atoms with E-state index in [4.69, 9.17) is 0 Å². The van der Waals surface area contributed by atoms with Gasteiger partial charge in [0, 0.05) is 13.1 Å². The van der Waals surface area contributed by atoms with Crippen LogP contribution in [0.2, 0.25) is 0 Å². The molecule has 0 bridgehead atoms. The summed E-state index contributed by atoms with van der Waals surface area (Å²) in [6.45, 7) is 5.54. The molecule has 1 rings (SSSR count). The van der Waals surface area contributed by atoms with Gasteiger partial charge in [-0.1, -0.05) is 20.3 Å². The van der Waals surface area contributed by atoms with Crippen LogP contribution in [0.1, 0.15) is 39.5 Å². The lowest BCUT2D eigenvalue weighted by molar-refractivity contribution is 0.261. The number of rotatable bonds is 4. The van der Waals surface area contributed by atoms with Gasteiger partial charge in [0.1, 0.15) is 0 Å². The Balaban J connectivity index is 2.59. The summed E-state index contributed by atoms with van der Waals surface area (Å²) in [5.41, 5.74) is 0. The first kappa shape index (κ1) is 12.0. The van der Waals surface area contributed by atoms with E-state index in [1.807, 2.05) is 6.92 Å². The lowest BCUT2D eigenvalue weighted by Crippen LogP contribution is -2.40. The SMILES string of the molecule is CCCS(=O)(=O)N1CCCC(CC)C1. The lowest BCUT2D eigenvalue weighted by atomic mass is 9.97. The highest BCUT2D eigenvalue weighted by molar-refractivity contribution is 7.89. The summed E-state index contributed by atoms with van der Waals surface area (Å²) in [5.74, 6) is 0.888. The van der Waals surface area contributed by atoms with E-state index in [0.29, 0.717) is 11.7 Å². The summed E-state index contributed by atoms with van der Waals surface area (Å²) in [6.07, 6.45) is 4.03. The second kappa shape index (κ2) is 5.12. The first-order valence-electron chi connectivity index (χ1n) is 5.58. The van der Waals surface area contributed by atoms with Gasteiger partial charge in [-0.3, -0.25) is 0 Å². The average molecular weight is 219 g/mol. The Hall–Kier alpha value is -0.0900. The van der Waals surface area contributed by atoms with E-state index in [9.17, 15) is 8.42 Å². The molecule has 0 radical (unpaired) electrons. The van der Waals surface area contributed by atoms with E-state index in [0.717, 1.165) is 32.4 Å². The Morgan fingerprint density at radius 1 is 1.36 bits per heavy atom. The van der Waals surface area contributed by atoms with Crippen LogP contribution in [0.5, 0.6) is 0 Å². The van der Waals surface area contributed by atoms with Crippen molar-refractivity contribution in [2.24, 2.45) is 5.92 Å². The van der Waals surface area contributed by atoms with Crippen LogP contribution >= 0.6 is 0 Å². The normalized spacial score (nSPS) is 25.1. The minimum atomic E-state index is -2.94. The zero-order valence-corrected chi connectivity index (χ0v) is 10.0. The molecule has 1 aliphatic heterocycles. The van der Waals surface area contributed by atoms with E-state index in [-0.39, 0.29) is 0 Å². The molecule has 0 amide bonds. The van der Waals surface area contributed by atoms with Gasteiger partial charge >= 0.3 is 0 Å². The van der Waals surface area contributed by atoms with E-state index in [2.05, 4.69) is 6.92 Å². The molecule has 0 aromatic carbocycles. The zero-order chi connectivity index (χ0) is 10.6. The van der Waals surface area contributed by atoms with Gasteiger partial charge in [-0.25, -0.2) is 12.7 Å². The molecule has 1 heterocycles. The van der Waals surface area contributed by atoms with Gasteiger partial charge < -0.3 is 0 Å². The maximum absolute atomic E-state index is 11.8. The standard InChI is InChI=1S/C10H21NO2S/c1-3-8-14(12,13)11-7-5-6-10(4-2)9-11/h10H,3-9H2,1-2H3. The Kier molecular flexibility index (Phi) is 4.38. The second-order valence-corrected chi connectivity index (χ2v) is 6.18. The van der Waals surface area contributed by atoms with Crippen molar-refractivity contribution >= 4 is 10.0 Å². The Morgan fingerprint density at radius 3 is 2.64 bits per heavy atom. The third kappa shape index (κ3) is 2.95. The van der Waals surface area contributed by atoms with Crippen LogP contribution in [0.3, 0.4) is 0 Å². The summed E-state index contributed by atoms with van der Waals surface area (Å²) in [4.78, 5) is 0. The molecule has 1 atom stereocenters. The maximum atomic E-state index is 11.8. The molecule has 84 valence electrons. The molecule has 4 heteroatoms. The van der Waals surface area contributed by atoms with Crippen molar-refractivity contribution in [3.8, 4) is 0 Å². The van der Waals surface area contributed by atoms with Crippen molar-refractivity contribution in [1.29, 1.82) is 0 Å². The molecule has 14 heavy (non-hydrogen) atoms. The van der Waals surface area contributed by atoms with Crippen LogP contribution < -0.4 is 0 Å². The Labute approximate surface area is 87.5 Å². The smallest absolute Gasteiger partial charge is 0.212 e. The summed E-state index contributed by atoms with van der Waals surface area (Å²) in [6, 6.07) is 0. The van der Waals surface area contributed by atoms with E-state index >= 15 is 0 Å². The number of piperidine rings is 1. The van der Waals surface area contributed by atoms with Crippen molar-refractivity contribution < 1.29 is 8.42 Å². The fourth-order valence-corrected chi connectivity index (χ4v) is 3.62. The summed E-state index contributed by atoms with van der Waals surface area (Å²) >= 11 is 0. The lowest BCUT2D eigenvalue weighted by Gasteiger charge is -2.31. The summed E-state index contributed by atoms with van der Waals surface area (Å²) in [7, 11) is -2.94. The van der Waals surface area contributed by atoms with Crippen molar-refractivity contribution in [2.75, 3.05) is 18.8 Å². The third-order valence-corrected chi connectivity index (χ3v) is 4.96. The first-order chi connectivity index (χ1) is 6.60. The van der Waals surface area contributed by atoms with E-state index in [1.54, 1.807) is 4.31 Å². The molecular weight excluding hydrogens is 198 g/mol. The molecular formula is C10H21NO2S. The molecule has 0 aromatic rings. The van der Waals surface area contributed by atoms with Crippen LogP contribution in [0, 0.1) is 5.92 Å². The fraction of sp³-hybridized carbons (Fsp3) is 1.00. The number of hydrogen-bond donors (Lipinski definition) is 0. The molecule has 0 spiro atoms. The molecule has 1 aliphatic rings. The van der Waals surface area contributed by atoms with Crippen molar-refractivity contribution in [2.45, 2.75) is 39.5 Å². The monoisotopic (exact) mass is 219 g/mol. The van der Waals surface area contributed by atoms with Crippen LogP contribution in [0.25, 0.3) is 0 Å². The molecule has 1 unspecified atom stereocenters. The van der Waals surface area contributed by atoms with Crippen molar-refractivity contribution in [1.82, 2.24) is 4.31 Å². The Bertz CT molecular complexity index is 261. The predicted molar refractivity (Wildman–Crippen MR) is 58.7 cm³/mol. The minimum Gasteiger partial charge on any atom is -0.212 e. The average Bonchev–Trinajstić information content (AvgIpc) is 2.18. The molecule has 0 aromatic heterocycles. The molecule has 0 aliphatic carbocycles. The number of sulfonamides is 1. The summed E-state index contributed by atoms with van der Waals surface area (Å²) in [5, 5.41) is 0.